The molecule has 0 aliphatic carbocycles. The molecule has 0 fully saturated rings. The third kappa shape index (κ3) is 3.05. The van der Waals surface area contributed by atoms with Gasteiger partial charge < -0.3 is 10.2 Å². The van der Waals surface area contributed by atoms with Crippen LogP contribution in [0.5, 0.6) is 0 Å². The number of nitrogens with one attached hydrogen (secondary N) is 2. The van der Waals surface area contributed by atoms with Crippen LogP contribution in [0.4, 0.5) is 10.1 Å². The number of aromatic nitrogens is 1. The number of nitriles is 1. The molecule has 3 rings (SSSR count). The topological polar surface area (TPSA) is 124 Å². The predicted molar refractivity (Wildman–Crippen MR) is 88.0 cm³/mol. The van der Waals surface area contributed by atoms with E-state index in [4.69, 9.17) is 20.8 Å². The fraction of sp³-hybridized carbons (Fsp3) is 0. The fourth-order valence-electron chi connectivity index (χ4n) is 2.01. The van der Waals surface area contributed by atoms with Crippen LogP contribution in [-0.2, 0) is 0 Å². The van der Waals surface area contributed by atoms with E-state index >= 15 is 0 Å². The van der Waals surface area contributed by atoms with Gasteiger partial charge >= 0.3 is 0 Å². The van der Waals surface area contributed by atoms with Gasteiger partial charge in [-0.15, -0.1) is 0 Å². The van der Waals surface area contributed by atoms with E-state index in [1.807, 2.05) is 0 Å². The average Bonchev–Trinajstić information content (AvgIpc) is 2.98. The lowest BCUT2D eigenvalue weighted by atomic mass is 10.2. The molecule has 0 spiro atoms. The third-order valence-corrected chi connectivity index (χ3v) is 3.12. The Bertz CT molecular complexity index is 1000. The van der Waals surface area contributed by atoms with Crippen molar-refractivity contribution in [2.75, 3.05) is 5.43 Å². The van der Waals surface area contributed by atoms with Gasteiger partial charge in [-0.1, -0.05) is 6.07 Å². The smallest absolute Gasteiger partial charge is 0.227 e. The molecular formula is C16H11FN6O. The Kier molecular flexibility index (Phi) is 3.91. The lowest BCUT2D eigenvalue weighted by Crippen LogP contribution is -2.21. The summed E-state index contributed by atoms with van der Waals surface area (Å²) in [4.78, 5) is 4.30. The molecule has 0 radical (unpaired) electrons. The van der Waals surface area contributed by atoms with Gasteiger partial charge in [-0.25, -0.2) is 9.37 Å². The van der Waals surface area contributed by atoms with E-state index in [1.165, 1.54) is 12.1 Å². The lowest BCUT2D eigenvalue weighted by Gasteiger charge is -2.00. The second-order valence-corrected chi connectivity index (χ2v) is 4.81. The van der Waals surface area contributed by atoms with Gasteiger partial charge in [-0.05, 0) is 30.3 Å². The molecule has 0 atom stereocenters. The van der Waals surface area contributed by atoms with E-state index in [1.54, 1.807) is 36.4 Å². The molecule has 1 heterocycles. The van der Waals surface area contributed by atoms with E-state index in [9.17, 15) is 4.39 Å². The number of oxazole rings is 1. The molecule has 2 aromatic carbocycles. The van der Waals surface area contributed by atoms with Gasteiger partial charge in [0.1, 0.15) is 17.4 Å². The molecule has 3 aromatic rings. The van der Waals surface area contributed by atoms with Crippen LogP contribution >= 0.6 is 0 Å². The molecule has 0 bridgehead atoms. The number of halogens is 1. The zero-order valence-electron chi connectivity index (χ0n) is 12.2. The highest BCUT2D eigenvalue weighted by molar-refractivity contribution is 6.45. The van der Waals surface area contributed by atoms with Crippen molar-refractivity contribution >= 4 is 28.3 Å². The van der Waals surface area contributed by atoms with Crippen LogP contribution in [0.25, 0.3) is 22.6 Å². The van der Waals surface area contributed by atoms with Gasteiger partial charge in [0.25, 0.3) is 0 Å². The third-order valence-electron chi connectivity index (χ3n) is 3.12. The van der Waals surface area contributed by atoms with Crippen molar-refractivity contribution in [3.05, 3.63) is 48.3 Å². The van der Waals surface area contributed by atoms with E-state index in [2.05, 4.69) is 15.5 Å². The number of nitrogens with two attached hydrogens (primary N) is 1. The molecule has 7 nitrogen and oxygen atoms in total. The van der Waals surface area contributed by atoms with E-state index in [0.717, 1.165) is 0 Å². The van der Waals surface area contributed by atoms with E-state index in [-0.39, 0.29) is 11.5 Å². The molecule has 0 unspecified atom stereocenters. The van der Waals surface area contributed by atoms with Gasteiger partial charge in [0, 0.05) is 11.6 Å². The number of hydrogen-bond donors (Lipinski definition) is 3. The number of hydrazone groups is 1. The zero-order chi connectivity index (χ0) is 17.1. The summed E-state index contributed by atoms with van der Waals surface area (Å²) in [7, 11) is 0. The summed E-state index contributed by atoms with van der Waals surface area (Å²) in [6.45, 7) is 0. The Hall–Kier alpha value is -3.73. The summed E-state index contributed by atoms with van der Waals surface area (Å²) in [5, 5.41) is 19.7. The monoisotopic (exact) mass is 322 g/mol. The molecule has 24 heavy (non-hydrogen) atoms. The fourth-order valence-corrected chi connectivity index (χ4v) is 2.01. The Labute approximate surface area is 135 Å². The first-order valence-electron chi connectivity index (χ1n) is 6.81. The van der Waals surface area contributed by atoms with Crippen LogP contribution in [0.1, 0.15) is 0 Å². The molecule has 1 aromatic heterocycles. The summed E-state index contributed by atoms with van der Waals surface area (Å²) in [6.07, 6.45) is 0. The second kappa shape index (κ2) is 6.18. The van der Waals surface area contributed by atoms with Crippen LogP contribution in [0, 0.1) is 22.6 Å². The Morgan fingerprint density at radius 2 is 2.17 bits per heavy atom. The summed E-state index contributed by atoms with van der Waals surface area (Å²) >= 11 is 0. The molecule has 118 valence electrons. The van der Waals surface area contributed by atoms with Gasteiger partial charge in [-0.2, -0.15) is 10.4 Å². The summed E-state index contributed by atoms with van der Waals surface area (Å²) < 4.78 is 18.9. The highest BCUT2D eigenvalue weighted by atomic mass is 19.1. The first-order chi connectivity index (χ1) is 11.6. The molecule has 0 saturated heterocycles. The first kappa shape index (κ1) is 15.2. The molecule has 0 aliphatic rings. The molecule has 4 N–H and O–H groups in total. The van der Waals surface area contributed by atoms with Crippen molar-refractivity contribution in [1.82, 2.24) is 4.98 Å². The molecule has 0 aliphatic heterocycles. The van der Waals surface area contributed by atoms with Crippen molar-refractivity contribution < 1.29 is 8.81 Å². The number of hydrogen-bond acceptors (Lipinski definition) is 6. The highest BCUT2D eigenvalue weighted by Gasteiger charge is 2.09. The minimum atomic E-state index is -0.431. The van der Waals surface area contributed by atoms with Gasteiger partial charge in [-0.3, -0.25) is 10.8 Å². The van der Waals surface area contributed by atoms with Crippen LogP contribution < -0.4 is 11.2 Å². The quantitative estimate of drug-likeness (QED) is 0.387. The van der Waals surface area contributed by atoms with E-state index < -0.39 is 5.84 Å². The lowest BCUT2D eigenvalue weighted by molar-refractivity contribution is 0.611. The van der Waals surface area contributed by atoms with Gasteiger partial charge in [0.05, 0.1) is 5.69 Å². The van der Waals surface area contributed by atoms with Crippen LogP contribution in [-0.4, -0.2) is 16.5 Å². The normalized spacial score (nSPS) is 11.2. The number of rotatable bonds is 4. The molecular weight excluding hydrogens is 311 g/mol. The number of anilines is 1. The number of amidine groups is 1. The number of fused-ring (bicyclic) bond motifs is 1. The van der Waals surface area contributed by atoms with Gasteiger partial charge in [0.15, 0.2) is 11.4 Å². The summed E-state index contributed by atoms with van der Waals surface area (Å²) in [5.74, 6) is -0.509. The van der Waals surface area contributed by atoms with Crippen LogP contribution in [0.2, 0.25) is 0 Å². The molecule has 0 amide bonds. The van der Waals surface area contributed by atoms with Crippen molar-refractivity contribution in [2.24, 2.45) is 10.8 Å². The second-order valence-electron chi connectivity index (χ2n) is 4.81. The van der Waals surface area contributed by atoms with E-state index in [0.29, 0.717) is 28.2 Å². The largest absolute Gasteiger partial charge is 0.436 e. The number of benzene rings is 2. The van der Waals surface area contributed by atoms with Crippen LogP contribution in [0.15, 0.2) is 52.0 Å². The summed E-state index contributed by atoms with van der Waals surface area (Å²) in [6, 6.07) is 12.7. The van der Waals surface area contributed by atoms with Crippen molar-refractivity contribution in [3.63, 3.8) is 0 Å². The first-order valence-corrected chi connectivity index (χ1v) is 6.81. The predicted octanol–water partition coefficient (Wildman–Crippen LogP) is 2.86. The highest BCUT2D eigenvalue weighted by Crippen LogP contribution is 2.26. The zero-order valence-corrected chi connectivity index (χ0v) is 12.2. The number of nitrogens with zero attached hydrogens (tertiary/aromatic N) is 3. The molecule has 0 saturated carbocycles. The maximum atomic E-state index is 13.3. The van der Waals surface area contributed by atoms with Gasteiger partial charge in [0.2, 0.25) is 11.6 Å². The Morgan fingerprint density at radius 3 is 2.88 bits per heavy atom. The average molecular weight is 322 g/mol. The summed E-state index contributed by atoms with van der Waals surface area (Å²) in [5.41, 5.74) is 9.73. The molecule has 8 heteroatoms. The maximum absolute atomic E-state index is 13.3. The Balaban J connectivity index is 1.92. The Morgan fingerprint density at radius 1 is 1.33 bits per heavy atom. The minimum Gasteiger partial charge on any atom is -0.436 e. The maximum Gasteiger partial charge on any atom is 0.227 e. The van der Waals surface area contributed by atoms with Crippen molar-refractivity contribution in [2.45, 2.75) is 0 Å². The van der Waals surface area contributed by atoms with Crippen LogP contribution in [0.3, 0.4) is 0 Å². The minimum absolute atomic E-state index is 0.229. The SMILES string of the molecule is N#C/C(=N\Nc1ccc2nc(-c3cccc(F)c3)oc2c1)C(=N)N. The van der Waals surface area contributed by atoms with Crippen molar-refractivity contribution in [3.8, 4) is 17.5 Å². The van der Waals surface area contributed by atoms with Crippen molar-refractivity contribution in [1.29, 1.82) is 10.7 Å². The standard InChI is InChI=1S/C16H11FN6O/c17-10-3-1-2-9(6-10)16-21-12-5-4-11(7-14(12)24-16)22-23-13(8-18)15(19)20/h1-7,22H,(H3,19,20)/b23-13+.